The molecule has 0 saturated carbocycles. The fourth-order valence-corrected chi connectivity index (χ4v) is 1.09. The van der Waals surface area contributed by atoms with Crippen LogP contribution in [0.3, 0.4) is 0 Å². The molecule has 1 unspecified atom stereocenters. The van der Waals surface area contributed by atoms with Gasteiger partial charge in [-0.15, -0.1) is 0 Å². The molecule has 0 aliphatic rings. The fourth-order valence-electron chi connectivity index (χ4n) is 0.961. The van der Waals surface area contributed by atoms with Crippen LogP contribution in [0.15, 0.2) is 24.3 Å². The van der Waals surface area contributed by atoms with Gasteiger partial charge in [0.1, 0.15) is 0 Å². The number of aliphatic hydroxyl groups excluding tert-OH is 1. The molecule has 82 valence electrons. The highest BCUT2D eigenvalue weighted by Gasteiger charge is 2.30. The summed E-state index contributed by atoms with van der Waals surface area (Å²) in [6.07, 6.45) is -4.44. The summed E-state index contributed by atoms with van der Waals surface area (Å²) in [5.74, 6) is -0.828. The Kier molecular flexibility index (Phi) is 3.36. The molecule has 0 fully saturated rings. The Morgan fingerprint density at radius 1 is 1.27 bits per heavy atom. The quantitative estimate of drug-likeness (QED) is 0.635. The number of halogens is 4. The summed E-state index contributed by atoms with van der Waals surface area (Å²) >= 11 is 5.08. The summed E-state index contributed by atoms with van der Waals surface area (Å²) in [7, 11) is 0. The van der Waals surface area contributed by atoms with Crippen LogP contribution in [0.4, 0.5) is 13.2 Å². The summed E-state index contributed by atoms with van der Waals surface area (Å²) in [5.41, 5.74) is -2.66. The van der Waals surface area contributed by atoms with Crippen LogP contribution in [-0.2, 0) is 6.18 Å². The molecule has 0 aromatic heterocycles. The molecular weight excluding hydrogens is 233 g/mol. The van der Waals surface area contributed by atoms with Crippen molar-refractivity contribution in [2.24, 2.45) is 0 Å². The number of carbonyl (C=O) groups is 1. The van der Waals surface area contributed by atoms with Gasteiger partial charge in [0.25, 0.3) is 0 Å². The van der Waals surface area contributed by atoms with Gasteiger partial charge >= 0.3 is 6.18 Å². The molecule has 0 bridgehead atoms. The van der Waals surface area contributed by atoms with E-state index in [-0.39, 0.29) is 5.56 Å². The molecule has 0 aliphatic carbocycles. The molecule has 0 amide bonds. The topological polar surface area (TPSA) is 37.3 Å². The number of rotatable bonds is 2. The van der Waals surface area contributed by atoms with Gasteiger partial charge in [0.15, 0.2) is 5.56 Å². The Labute approximate surface area is 88.3 Å². The van der Waals surface area contributed by atoms with Crippen molar-refractivity contribution in [3.63, 3.8) is 0 Å². The Hall–Kier alpha value is -1.07. The first-order valence-electron chi connectivity index (χ1n) is 3.86. The van der Waals surface area contributed by atoms with E-state index in [0.29, 0.717) is 0 Å². The molecule has 1 aromatic rings. The lowest BCUT2D eigenvalue weighted by molar-refractivity contribution is -0.137. The molecule has 1 rings (SSSR count). The smallest absolute Gasteiger partial charge is 0.371 e. The molecule has 1 aromatic carbocycles. The van der Waals surface area contributed by atoms with Gasteiger partial charge in [0.05, 0.1) is 5.56 Å². The van der Waals surface area contributed by atoms with Gasteiger partial charge in [-0.25, -0.2) is 0 Å². The third-order valence-electron chi connectivity index (χ3n) is 1.71. The lowest BCUT2D eigenvalue weighted by atomic mass is 10.1. The summed E-state index contributed by atoms with van der Waals surface area (Å²) < 4.78 is 36.4. The number of ketones is 1. The molecule has 15 heavy (non-hydrogen) atoms. The van der Waals surface area contributed by atoms with Crippen LogP contribution in [0, 0.1) is 0 Å². The van der Waals surface area contributed by atoms with E-state index in [4.69, 9.17) is 16.7 Å². The molecule has 0 heterocycles. The zero-order chi connectivity index (χ0) is 11.6. The van der Waals surface area contributed by atoms with E-state index in [2.05, 4.69) is 0 Å². The summed E-state index contributed by atoms with van der Waals surface area (Å²) in [6.45, 7) is 0. The van der Waals surface area contributed by atoms with E-state index in [1.165, 1.54) is 0 Å². The number of alkyl halides is 4. The van der Waals surface area contributed by atoms with E-state index >= 15 is 0 Å². The predicted octanol–water partition coefficient (Wildman–Crippen LogP) is 2.45. The van der Waals surface area contributed by atoms with Crippen molar-refractivity contribution in [2.75, 3.05) is 0 Å². The Morgan fingerprint density at radius 3 is 2.07 bits per heavy atom. The minimum absolute atomic E-state index is 0.0644. The van der Waals surface area contributed by atoms with Crippen molar-refractivity contribution in [3.8, 4) is 0 Å². The highest BCUT2D eigenvalue weighted by atomic mass is 35.5. The molecule has 0 spiro atoms. The maximum Gasteiger partial charge on any atom is 0.416 e. The Morgan fingerprint density at radius 2 is 1.73 bits per heavy atom. The van der Waals surface area contributed by atoms with Gasteiger partial charge < -0.3 is 5.11 Å². The number of aliphatic hydroxyl groups is 1. The van der Waals surface area contributed by atoms with E-state index in [0.717, 1.165) is 24.3 Å². The number of benzene rings is 1. The maximum absolute atomic E-state index is 12.1. The van der Waals surface area contributed by atoms with Crippen molar-refractivity contribution >= 4 is 17.4 Å². The summed E-state index contributed by atoms with van der Waals surface area (Å²) in [5, 5.41) is 8.70. The lowest BCUT2D eigenvalue weighted by Gasteiger charge is -2.07. The lowest BCUT2D eigenvalue weighted by Crippen LogP contribution is -2.14. The highest BCUT2D eigenvalue weighted by molar-refractivity contribution is 6.32. The second-order valence-electron chi connectivity index (χ2n) is 2.78. The van der Waals surface area contributed by atoms with Crippen molar-refractivity contribution < 1.29 is 23.1 Å². The van der Waals surface area contributed by atoms with Crippen LogP contribution in [-0.4, -0.2) is 16.5 Å². The maximum atomic E-state index is 12.1. The van der Waals surface area contributed by atoms with Crippen LogP contribution in [0.1, 0.15) is 15.9 Å². The second kappa shape index (κ2) is 4.20. The van der Waals surface area contributed by atoms with Crippen molar-refractivity contribution in [1.29, 1.82) is 0 Å². The van der Waals surface area contributed by atoms with Gasteiger partial charge in [-0.1, -0.05) is 23.7 Å². The zero-order valence-corrected chi connectivity index (χ0v) is 8.01. The normalized spacial score (nSPS) is 13.7. The van der Waals surface area contributed by atoms with Crippen LogP contribution >= 0.6 is 11.6 Å². The fraction of sp³-hybridized carbons (Fsp3) is 0.222. The van der Waals surface area contributed by atoms with Crippen LogP contribution in [0.5, 0.6) is 0 Å². The average Bonchev–Trinajstić information content (AvgIpc) is 2.15. The van der Waals surface area contributed by atoms with Crippen LogP contribution < -0.4 is 0 Å². The second-order valence-corrected chi connectivity index (χ2v) is 3.19. The zero-order valence-electron chi connectivity index (χ0n) is 7.25. The molecule has 0 aliphatic heterocycles. The SMILES string of the molecule is O=C(c1ccc(C(F)(F)F)cc1)C(O)Cl. The first kappa shape index (κ1) is 12.0. The first-order chi connectivity index (χ1) is 6.82. The highest BCUT2D eigenvalue weighted by Crippen LogP contribution is 2.29. The van der Waals surface area contributed by atoms with Gasteiger partial charge in [-0.2, -0.15) is 13.2 Å². The first-order valence-corrected chi connectivity index (χ1v) is 4.29. The minimum atomic E-state index is -4.44. The van der Waals surface area contributed by atoms with Crippen molar-refractivity contribution in [2.45, 2.75) is 11.7 Å². The van der Waals surface area contributed by atoms with E-state index in [1.54, 1.807) is 0 Å². The van der Waals surface area contributed by atoms with E-state index < -0.39 is 23.1 Å². The molecule has 1 atom stereocenters. The number of carbonyl (C=O) groups excluding carboxylic acids is 1. The van der Waals surface area contributed by atoms with E-state index in [9.17, 15) is 18.0 Å². The van der Waals surface area contributed by atoms with Crippen molar-refractivity contribution in [1.82, 2.24) is 0 Å². The van der Waals surface area contributed by atoms with Gasteiger partial charge in [0.2, 0.25) is 5.78 Å². The van der Waals surface area contributed by atoms with Gasteiger partial charge in [-0.05, 0) is 12.1 Å². The molecule has 0 saturated heterocycles. The largest absolute Gasteiger partial charge is 0.416 e. The monoisotopic (exact) mass is 238 g/mol. The molecule has 2 nitrogen and oxygen atoms in total. The summed E-state index contributed by atoms with van der Waals surface area (Å²) in [6, 6.07) is 3.45. The Balaban J connectivity index is 2.96. The summed E-state index contributed by atoms with van der Waals surface area (Å²) in [4.78, 5) is 11.0. The average molecular weight is 239 g/mol. The molecule has 1 N–H and O–H groups in total. The number of hydrogen-bond acceptors (Lipinski definition) is 2. The third kappa shape index (κ3) is 2.94. The van der Waals surface area contributed by atoms with Crippen molar-refractivity contribution in [3.05, 3.63) is 35.4 Å². The molecule has 6 heteroatoms. The predicted molar refractivity (Wildman–Crippen MR) is 47.6 cm³/mol. The van der Waals surface area contributed by atoms with Crippen LogP contribution in [0.25, 0.3) is 0 Å². The number of hydrogen-bond donors (Lipinski definition) is 1. The number of Topliss-reactive ketones (excluding diaryl/α,β-unsaturated/α-hetero) is 1. The molecule has 0 radical (unpaired) electrons. The standard InChI is InChI=1S/C9H6ClF3O2/c10-8(15)7(14)5-1-3-6(4-2-5)9(11,12)13/h1-4,8,15H. The van der Waals surface area contributed by atoms with Gasteiger partial charge in [0, 0.05) is 5.56 Å². The third-order valence-corrected chi connectivity index (χ3v) is 1.91. The van der Waals surface area contributed by atoms with Crippen LogP contribution in [0.2, 0.25) is 0 Å². The Bertz CT molecular complexity index is 357. The van der Waals surface area contributed by atoms with E-state index in [1.807, 2.05) is 0 Å². The van der Waals surface area contributed by atoms with Gasteiger partial charge in [-0.3, -0.25) is 4.79 Å². The minimum Gasteiger partial charge on any atom is -0.371 e. The molecular formula is C9H6ClF3O2.